The molecule has 2 aromatic rings. The summed E-state index contributed by atoms with van der Waals surface area (Å²) < 4.78 is 20.7. The SMILES string of the molecule is CC(C)(C)OC(=O)N1[C@@H]2C[C@@H]2C[C@H]1C(=O)Cc1cccc(-c2ccccc2Cl)c1F. The Kier molecular flexibility index (Phi) is 5.35. The molecule has 6 heteroatoms. The van der Waals surface area contributed by atoms with Gasteiger partial charge in [0, 0.05) is 28.6 Å². The molecule has 1 saturated carbocycles. The van der Waals surface area contributed by atoms with E-state index in [2.05, 4.69) is 0 Å². The number of piperidine rings is 1. The summed E-state index contributed by atoms with van der Waals surface area (Å²) in [6, 6.07) is 11.5. The van der Waals surface area contributed by atoms with Crippen molar-refractivity contribution in [1.82, 2.24) is 4.90 Å². The first-order valence-electron chi connectivity index (χ1n) is 10.2. The highest BCUT2D eigenvalue weighted by molar-refractivity contribution is 6.33. The standard InChI is InChI=1S/C24H25ClFNO3/c1-24(2,3)30-23(29)27-19-11-15(19)12-20(27)21(28)13-14-7-6-9-17(22(14)26)16-8-4-5-10-18(16)25/h4-10,15,19-20H,11-13H2,1-3H3/t15-,19-,20+/m1/s1. The normalized spacial score (nSPS) is 22.6. The highest BCUT2D eigenvalue weighted by Crippen LogP contribution is 2.48. The van der Waals surface area contributed by atoms with Gasteiger partial charge in [-0.1, -0.05) is 48.0 Å². The minimum absolute atomic E-state index is 0.0631. The molecule has 0 N–H and O–H groups in total. The Morgan fingerprint density at radius 1 is 1.10 bits per heavy atom. The Morgan fingerprint density at radius 2 is 1.80 bits per heavy atom. The van der Waals surface area contributed by atoms with Crippen LogP contribution in [-0.2, 0) is 16.0 Å². The fraction of sp³-hybridized carbons (Fsp3) is 0.417. The smallest absolute Gasteiger partial charge is 0.411 e. The predicted molar refractivity (Wildman–Crippen MR) is 114 cm³/mol. The molecule has 3 atom stereocenters. The van der Waals surface area contributed by atoms with Gasteiger partial charge >= 0.3 is 6.09 Å². The van der Waals surface area contributed by atoms with Crippen LogP contribution in [0.1, 0.15) is 39.2 Å². The van der Waals surface area contributed by atoms with Crippen LogP contribution in [0.15, 0.2) is 42.5 Å². The molecule has 2 aromatic carbocycles. The van der Waals surface area contributed by atoms with Gasteiger partial charge in [0.1, 0.15) is 11.4 Å². The van der Waals surface area contributed by atoms with Crippen LogP contribution < -0.4 is 0 Å². The Balaban J connectivity index is 1.55. The molecule has 2 aliphatic rings. The van der Waals surface area contributed by atoms with Gasteiger partial charge in [-0.3, -0.25) is 9.69 Å². The Bertz CT molecular complexity index is 1000. The summed E-state index contributed by atoms with van der Waals surface area (Å²) in [5.74, 6) is -0.278. The number of fused-ring (bicyclic) bond motifs is 1. The second-order valence-corrected chi connectivity index (χ2v) is 9.51. The van der Waals surface area contributed by atoms with Gasteiger partial charge in [-0.15, -0.1) is 0 Å². The van der Waals surface area contributed by atoms with E-state index in [1.807, 2.05) is 0 Å². The molecule has 2 fully saturated rings. The van der Waals surface area contributed by atoms with Crippen LogP contribution in [0.5, 0.6) is 0 Å². The highest BCUT2D eigenvalue weighted by Gasteiger charge is 2.56. The quantitative estimate of drug-likeness (QED) is 0.630. The lowest BCUT2D eigenvalue weighted by Crippen LogP contribution is -2.46. The number of carbonyl (C=O) groups is 2. The van der Waals surface area contributed by atoms with Gasteiger partial charge < -0.3 is 4.74 Å². The van der Waals surface area contributed by atoms with E-state index in [1.54, 1.807) is 68.1 Å². The van der Waals surface area contributed by atoms with Gasteiger partial charge in [-0.25, -0.2) is 9.18 Å². The lowest BCUT2D eigenvalue weighted by molar-refractivity contribution is -0.123. The van der Waals surface area contributed by atoms with Crippen molar-refractivity contribution >= 4 is 23.5 Å². The van der Waals surface area contributed by atoms with E-state index in [-0.39, 0.29) is 18.2 Å². The monoisotopic (exact) mass is 429 g/mol. The van der Waals surface area contributed by atoms with Crippen molar-refractivity contribution in [2.24, 2.45) is 5.92 Å². The number of rotatable bonds is 4. The molecule has 1 heterocycles. The van der Waals surface area contributed by atoms with E-state index in [1.165, 1.54) is 0 Å². The van der Waals surface area contributed by atoms with Gasteiger partial charge in [0.05, 0.1) is 6.04 Å². The molecule has 0 spiro atoms. The number of nitrogens with zero attached hydrogens (tertiary/aromatic N) is 1. The molecule has 0 aromatic heterocycles. The van der Waals surface area contributed by atoms with Crippen LogP contribution in [0.3, 0.4) is 0 Å². The topological polar surface area (TPSA) is 46.6 Å². The largest absolute Gasteiger partial charge is 0.444 e. The molecule has 0 unspecified atom stereocenters. The molecule has 1 saturated heterocycles. The number of likely N-dealkylation sites (tertiary alicyclic amines) is 1. The second-order valence-electron chi connectivity index (χ2n) is 9.10. The zero-order valence-corrected chi connectivity index (χ0v) is 18.1. The second kappa shape index (κ2) is 7.69. The summed E-state index contributed by atoms with van der Waals surface area (Å²) in [6.07, 6.45) is 0.984. The Morgan fingerprint density at radius 3 is 2.50 bits per heavy atom. The number of benzene rings is 2. The Labute approximate surface area is 181 Å². The third-order valence-electron chi connectivity index (χ3n) is 5.69. The fourth-order valence-electron chi connectivity index (χ4n) is 4.23. The average molecular weight is 430 g/mol. The molecule has 4 rings (SSSR count). The molecule has 158 valence electrons. The Hall–Kier alpha value is -2.40. The van der Waals surface area contributed by atoms with Crippen molar-refractivity contribution in [2.75, 3.05) is 0 Å². The van der Waals surface area contributed by atoms with Crippen LogP contribution in [-0.4, -0.2) is 34.5 Å². The van der Waals surface area contributed by atoms with Crippen molar-refractivity contribution in [1.29, 1.82) is 0 Å². The minimum Gasteiger partial charge on any atom is -0.444 e. The third-order valence-corrected chi connectivity index (χ3v) is 6.02. The first kappa shape index (κ1) is 20.9. The lowest BCUT2D eigenvalue weighted by atomic mass is 9.96. The van der Waals surface area contributed by atoms with Crippen molar-refractivity contribution in [3.63, 3.8) is 0 Å². The summed E-state index contributed by atoms with van der Waals surface area (Å²) in [4.78, 5) is 27.3. The van der Waals surface area contributed by atoms with Gasteiger partial charge in [0.2, 0.25) is 0 Å². The van der Waals surface area contributed by atoms with E-state index >= 15 is 4.39 Å². The number of ether oxygens (including phenoxy) is 1. The number of amides is 1. The third kappa shape index (κ3) is 4.08. The minimum atomic E-state index is -0.632. The van der Waals surface area contributed by atoms with Crippen LogP contribution in [0.2, 0.25) is 5.02 Å². The van der Waals surface area contributed by atoms with E-state index < -0.39 is 23.6 Å². The number of Topliss-reactive ketones (excluding diaryl/α,β-unsaturated/α-hetero) is 1. The summed E-state index contributed by atoms with van der Waals surface area (Å²) in [6.45, 7) is 5.41. The highest BCUT2D eigenvalue weighted by atomic mass is 35.5. The molecule has 1 aliphatic carbocycles. The molecule has 0 radical (unpaired) electrons. The van der Waals surface area contributed by atoms with E-state index in [0.717, 1.165) is 6.42 Å². The number of carbonyl (C=O) groups excluding carboxylic acids is 2. The summed E-state index contributed by atoms with van der Waals surface area (Å²) in [5, 5.41) is 0.451. The van der Waals surface area contributed by atoms with E-state index in [4.69, 9.17) is 16.3 Å². The molecular formula is C24H25ClFNO3. The molecule has 4 nitrogen and oxygen atoms in total. The predicted octanol–water partition coefficient (Wildman–Crippen LogP) is 5.66. The maximum absolute atomic E-state index is 15.2. The van der Waals surface area contributed by atoms with Crippen LogP contribution in [0.4, 0.5) is 9.18 Å². The molecule has 1 aliphatic heterocycles. The molecule has 0 bridgehead atoms. The van der Waals surface area contributed by atoms with Crippen molar-refractivity contribution < 1.29 is 18.7 Å². The fourth-order valence-corrected chi connectivity index (χ4v) is 4.47. The van der Waals surface area contributed by atoms with Crippen LogP contribution in [0, 0.1) is 11.7 Å². The van der Waals surface area contributed by atoms with Gasteiger partial charge in [-0.2, -0.15) is 0 Å². The lowest BCUT2D eigenvalue weighted by Gasteiger charge is -2.30. The number of hydrogen-bond donors (Lipinski definition) is 0. The first-order chi connectivity index (χ1) is 14.2. The van der Waals surface area contributed by atoms with Crippen molar-refractivity contribution in [3.05, 3.63) is 58.9 Å². The van der Waals surface area contributed by atoms with Crippen LogP contribution >= 0.6 is 11.6 Å². The van der Waals surface area contributed by atoms with Gasteiger partial charge in [0.15, 0.2) is 5.78 Å². The summed E-state index contributed by atoms with van der Waals surface area (Å²) in [5.41, 5.74) is 0.627. The molecule has 30 heavy (non-hydrogen) atoms. The number of halogens is 2. The molecular weight excluding hydrogens is 405 g/mol. The zero-order valence-electron chi connectivity index (χ0n) is 17.3. The number of hydrogen-bond acceptors (Lipinski definition) is 3. The van der Waals surface area contributed by atoms with Crippen LogP contribution in [0.25, 0.3) is 11.1 Å². The zero-order chi connectivity index (χ0) is 21.6. The maximum Gasteiger partial charge on any atom is 0.411 e. The summed E-state index contributed by atoms with van der Waals surface area (Å²) >= 11 is 6.23. The van der Waals surface area contributed by atoms with E-state index in [0.29, 0.717) is 34.1 Å². The number of ketones is 1. The van der Waals surface area contributed by atoms with Gasteiger partial charge in [0.25, 0.3) is 0 Å². The molecule has 1 amide bonds. The first-order valence-corrected chi connectivity index (χ1v) is 10.6. The maximum atomic E-state index is 15.2. The summed E-state index contributed by atoms with van der Waals surface area (Å²) in [7, 11) is 0. The van der Waals surface area contributed by atoms with Gasteiger partial charge in [-0.05, 0) is 51.2 Å². The van der Waals surface area contributed by atoms with E-state index in [9.17, 15) is 9.59 Å². The van der Waals surface area contributed by atoms with Crippen molar-refractivity contribution in [3.8, 4) is 11.1 Å². The average Bonchev–Trinajstić information content (AvgIpc) is 3.32. The van der Waals surface area contributed by atoms with Crippen molar-refractivity contribution in [2.45, 2.75) is 57.7 Å².